The molecule has 0 aliphatic carbocycles. The van der Waals surface area contributed by atoms with Crippen molar-refractivity contribution in [3.8, 4) is 5.75 Å². The maximum absolute atomic E-state index is 14.2. The zero-order valence-corrected chi connectivity index (χ0v) is 18.0. The summed E-state index contributed by atoms with van der Waals surface area (Å²) in [6.45, 7) is 4.43. The lowest BCUT2D eigenvalue weighted by atomic mass is 9.98. The molecule has 0 saturated carbocycles. The fourth-order valence-corrected chi connectivity index (χ4v) is 3.56. The van der Waals surface area contributed by atoms with Crippen LogP contribution in [0, 0.1) is 9.39 Å². The first-order valence-corrected chi connectivity index (χ1v) is 10.1. The molecule has 2 aromatic rings. The molecule has 1 heterocycles. The van der Waals surface area contributed by atoms with Gasteiger partial charge in [0.05, 0.1) is 24.9 Å². The van der Waals surface area contributed by atoms with Gasteiger partial charge >= 0.3 is 0 Å². The normalized spacial score (nSPS) is 18.2. The Hall–Kier alpha value is -1.71. The third kappa shape index (κ3) is 5.42. The maximum atomic E-state index is 14.2. The number of rotatable bonds is 7. The Kier molecular flexibility index (Phi) is 6.57. The van der Waals surface area contributed by atoms with Gasteiger partial charge in [0.15, 0.2) is 5.79 Å². The van der Waals surface area contributed by atoms with Gasteiger partial charge in [-0.15, -0.1) is 0 Å². The van der Waals surface area contributed by atoms with Crippen molar-refractivity contribution in [3.05, 3.63) is 62.5 Å². The number of ether oxygens (including phenoxy) is 3. The van der Waals surface area contributed by atoms with Gasteiger partial charge in [0.2, 0.25) is 0 Å². The average Bonchev–Trinajstić information content (AvgIpc) is 2.95. The molecule has 3 rings (SSSR count). The largest absolute Gasteiger partial charge is 0.493 e. The lowest BCUT2D eigenvalue weighted by molar-refractivity contribution is -0.139. The van der Waals surface area contributed by atoms with Crippen molar-refractivity contribution in [2.75, 3.05) is 13.2 Å². The quantitative estimate of drug-likeness (QED) is 0.584. The van der Waals surface area contributed by atoms with E-state index in [2.05, 4.69) is 22.6 Å². The number of hydrogen-bond donors (Lipinski definition) is 1. The van der Waals surface area contributed by atoms with Crippen LogP contribution in [0.15, 0.2) is 36.4 Å². The molecule has 1 saturated heterocycles. The summed E-state index contributed by atoms with van der Waals surface area (Å²) in [6, 6.07) is 10.3. The zero-order valence-electron chi connectivity index (χ0n) is 15.8. The van der Waals surface area contributed by atoms with E-state index in [1.165, 1.54) is 12.1 Å². The monoisotopic (exact) mass is 499 g/mol. The molecule has 1 amide bonds. The van der Waals surface area contributed by atoms with Crippen molar-refractivity contribution >= 4 is 28.5 Å². The van der Waals surface area contributed by atoms with Crippen molar-refractivity contribution in [2.24, 2.45) is 5.73 Å². The molecule has 0 spiro atoms. The van der Waals surface area contributed by atoms with Gasteiger partial charge in [-0.1, -0.05) is 12.1 Å². The Bertz CT molecular complexity index is 854. The van der Waals surface area contributed by atoms with E-state index in [1.807, 2.05) is 38.1 Å². The van der Waals surface area contributed by atoms with Crippen LogP contribution in [0.4, 0.5) is 4.39 Å². The van der Waals surface area contributed by atoms with Gasteiger partial charge in [-0.25, -0.2) is 4.39 Å². The van der Waals surface area contributed by atoms with E-state index in [0.717, 1.165) is 9.13 Å². The van der Waals surface area contributed by atoms with E-state index >= 15 is 0 Å². The van der Waals surface area contributed by atoms with Crippen molar-refractivity contribution in [1.29, 1.82) is 0 Å². The Morgan fingerprint density at radius 3 is 2.64 bits per heavy atom. The van der Waals surface area contributed by atoms with Crippen LogP contribution in [0.1, 0.15) is 41.8 Å². The van der Waals surface area contributed by atoms with Gasteiger partial charge in [-0.3, -0.25) is 4.79 Å². The molecule has 1 aliphatic heterocycles. The predicted molar refractivity (Wildman–Crippen MR) is 112 cm³/mol. The minimum Gasteiger partial charge on any atom is -0.493 e. The predicted octanol–water partition coefficient (Wildman–Crippen LogP) is 4.04. The van der Waals surface area contributed by atoms with Crippen LogP contribution in [0.5, 0.6) is 5.75 Å². The summed E-state index contributed by atoms with van der Waals surface area (Å²) in [6.07, 6.45) is 0.841. The lowest BCUT2D eigenvalue weighted by Crippen LogP contribution is -2.22. The zero-order chi connectivity index (χ0) is 20.3. The Morgan fingerprint density at radius 2 is 2.04 bits per heavy atom. The van der Waals surface area contributed by atoms with Gasteiger partial charge in [-0.2, -0.15) is 0 Å². The SMILES string of the molecule is CC1(C)OC[C@@H](CCOc2cc(F)cc(Cc3ccc(I)cc3)c2C(N)=O)O1. The molecule has 2 N–H and O–H groups in total. The number of carbonyl (C=O) groups excluding carboxylic acids is 1. The Labute approximate surface area is 177 Å². The molecule has 150 valence electrons. The highest BCUT2D eigenvalue weighted by atomic mass is 127. The molecule has 2 aromatic carbocycles. The van der Waals surface area contributed by atoms with Gasteiger partial charge < -0.3 is 19.9 Å². The molecule has 1 fully saturated rings. The molecule has 1 aliphatic rings. The van der Waals surface area contributed by atoms with Crippen LogP contribution < -0.4 is 10.5 Å². The minimum atomic E-state index is -0.642. The third-order valence-electron chi connectivity index (χ3n) is 4.47. The average molecular weight is 499 g/mol. The van der Waals surface area contributed by atoms with Crippen LogP contribution in [-0.4, -0.2) is 31.0 Å². The van der Waals surface area contributed by atoms with Crippen LogP contribution in [0.3, 0.4) is 0 Å². The highest BCUT2D eigenvalue weighted by Crippen LogP contribution is 2.28. The molecular weight excluding hydrogens is 476 g/mol. The number of hydrogen-bond acceptors (Lipinski definition) is 4. The second-order valence-corrected chi connectivity index (χ2v) is 8.44. The van der Waals surface area contributed by atoms with Gasteiger partial charge in [0.25, 0.3) is 5.91 Å². The number of carbonyl (C=O) groups is 1. The van der Waals surface area contributed by atoms with E-state index in [0.29, 0.717) is 25.0 Å². The molecule has 1 atom stereocenters. The number of halogens is 2. The van der Waals surface area contributed by atoms with Crippen LogP contribution >= 0.6 is 22.6 Å². The van der Waals surface area contributed by atoms with Gasteiger partial charge in [0.1, 0.15) is 11.6 Å². The van der Waals surface area contributed by atoms with Crippen molar-refractivity contribution in [1.82, 2.24) is 0 Å². The van der Waals surface area contributed by atoms with Gasteiger partial charge in [-0.05, 0) is 72.2 Å². The summed E-state index contributed by atoms with van der Waals surface area (Å²) in [5.74, 6) is -1.56. The fraction of sp³-hybridized carbons (Fsp3) is 0.381. The topological polar surface area (TPSA) is 70.8 Å². The second kappa shape index (κ2) is 8.75. The maximum Gasteiger partial charge on any atom is 0.252 e. The highest BCUT2D eigenvalue weighted by Gasteiger charge is 2.32. The molecule has 0 aromatic heterocycles. The summed E-state index contributed by atoms with van der Waals surface area (Å²) in [5, 5.41) is 0. The Morgan fingerprint density at radius 1 is 1.32 bits per heavy atom. The fourth-order valence-electron chi connectivity index (χ4n) is 3.20. The van der Waals surface area contributed by atoms with Crippen LogP contribution in [0.2, 0.25) is 0 Å². The van der Waals surface area contributed by atoms with Crippen LogP contribution in [-0.2, 0) is 15.9 Å². The standard InChI is InChI=1S/C21H23FINO4/c1-21(2)27-12-17(28-21)7-8-26-18-11-15(22)10-14(19(18)20(24)25)9-13-3-5-16(23)6-4-13/h3-6,10-11,17H,7-9,12H2,1-2H3,(H2,24,25)/t17-/m1/s1. The number of primary amides is 1. The molecule has 0 bridgehead atoms. The summed E-state index contributed by atoms with van der Waals surface area (Å²) in [5.41, 5.74) is 7.26. The highest BCUT2D eigenvalue weighted by molar-refractivity contribution is 14.1. The van der Waals surface area contributed by atoms with E-state index in [1.54, 1.807) is 0 Å². The van der Waals surface area contributed by atoms with E-state index in [-0.39, 0.29) is 24.0 Å². The van der Waals surface area contributed by atoms with Crippen molar-refractivity contribution < 1.29 is 23.4 Å². The molecule has 5 nitrogen and oxygen atoms in total. The first-order chi connectivity index (χ1) is 13.2. The summed E-state index contributed by atoms with van der Waals surface area (Å²) < 4.78 is 32.3. The first-order valence-electron chi connectivity index (χ1n) is 9.05. The van der Waals surface area contributed by atoms with Gasteiger partial charge in [0, 0.05) is 16.1 Å². The summed E-state index contributed by atoms with van der Waals surface area (Å²) in [7, 11) is 0. The molecule has 0 radical (unpaired) electrons. The molecular formula is C21H23FINO4. The van der Waals surface area contributed by atoms with Crippen molar-refractivity contribution in [3.63, 3.8) is 0 Å². The van der Waals surface area contributed by atoms with Crippen LogP contribution in [0.25, 0.3) is 0 Å². The minimum absolute atomic E-state index is 0.105. The smallest absolute Gasteiger partial charge is 0.252 e. The number of benzene rings is 2. The third-order valence-corrected chi connectivity index (χ3v) is 5.19. The second-order valence-electron chi connectivity index (χ2n) is 7.19. The molecule has 28 heavy (non-hydrogen) atoms. The number of amides is 1. The van der Waals surface area contributed by atoms with Crippen molar-refractivity contribution in [2.45, 2.75) is 38.6 Å². The number of nitrogens with two attached hydrogens (primary N) is 1. The van der Waals surface area contributed by atoms with E-state index in [9.17, 15) is 9.18 Å². The van der Waals surface area contributed by atoms with E-state index in [4.69, 9.17) is 19.9 Å². The first kappa shape index (κ1) is 21.0. The summed E-state index contributed by atoms with van der Waals surface area (Å²) in [4.78, 5) is 12.1. The molecule has 0 unspecified atom stereocenters. The lowest BCUT2D eigenvalue weighted by Gasteiger charge is -2.18. The van der Waals surface area contributed by atoms with E-state index < -0.39 is 17.5 Å². The molecule has 7 heteroatoms. The Balaban J connectivity index is 1.75. The summed E-state index contributed by atoms with van der Waals surface area (Å²) >= 11 is 2.22.